The molecule has 0 saturated carbocycles. The molecule has 0 atom stereocenters. The molecule has 0 radical (unpaired) electrons. The number of hydrogen-bond acceptors (Lipinski definition) is 5. The zero-order valence-electron chi connectivity index (χ0n) is 14.0. The molecule has 1 aromatic carbocycles. The van der Waals surface area contributed by atoms with E-state index in [0.29, 0.717) is 23.2 Å². The van der Waals surface area contributed by atoms with E-state index in [4.69, 9.17) is 4.74 Å². The molecule has 1 saturated heterocycles. The number of likely N-dealkylation sites (tertiary alicyclic amines) is 1. The Morgan fingerprint density at radius 3 is 2.54 bits per heavy atom. The van der Waals surface area contributed by atoms with Crippen LogP contribution in [0.5, 0.6) is 5.75 Å². The lowest BCUT2D eigenvalue weighted by atomic mass is 9.99. The number of rotatable bonds is 4. The van der Waals surface area contributed by atoms with Gasteiger partial charge in [0.15, 0.2) is 0 Å². The highest BCUT2D eigenvalue weighted by Gasteiger charge is 2.21. The van der Waals surface area contributed by atoms with Crippen LogP contribution in [0.1, 0.15) is 30.1 Å². The summed E-state index contributed by atoms with van der Waals surface area (Å²) in [7, 11) is 1.61. The van der Waals surface area contributed by atoms with E-state index >= 15 is 0 Å². The third kappa shape index (κ3) is 3.64. The van der Waals surface area contributed by atoms with Crippen LogP contribution in [0.3, 0.4) is 0 Å². The molecule has 0 aliphatic carbocycles. The van der Waals surface area contributed by atoms with Crippen LogP contribution in [0.2, 0.25) is 0 Å². The Kier molecular flexibility index (Phi) is 4.93. The van der Waals surface area contributed by atoms with Crippen molar-refractivity contribution in [2.24, 2.45) is 5.92 Å². The van der Waals surface area contributed by atoms with Crippen molar-refractivity contribution in [2.45, 2.75) is 19.8 Å². The summed E-state index contributed by atoms with van der Waals surface area (Å²) in [6, 6.07) is 7.54. The Morgan fingerprint density at radius 1 is 1.21 bits per heavy atom. The first-order valence-electron chi connectivity index (χ1n) is 8.18. The Balaban J connectivity index is 1.68. The number of nitrogens with zero attached hydrogens (tertiary/aromatic N) is 3. The molecule has 1 fully saturated rings. The quantitative estimate of drug-likeness (QED) is 0.935. The SMILES string of the molecule is COc1ccccc1Nc1ncc(C(=O)N2CCC(C)CC2)cn1. The molecule has 126 valence electrons. The molecule has 3 rings (SSSR count). The molecule has 1 aromatic heterocycles. The molecule has 6 nitrogen and oxygen atoms in total. The number of hydrogen-bond donors (Lipinski definition) is 1. The van der Waals surface area contributed by atoms with Gasteiger partial charge in [-0.15, -0.1) is 0 Å². The van der Waals surface area contributed by atoms with Gasteiger partial charge in [-0.25, -0.2) is 9.97 Å². The molecule has 6 heteroatoms. The van der Waals surface area contributed by atoms with E-state index in [1.165, 1.54) is 0 Å². The molecule has 24 heavy (non-hydrogen) atoms. The average molecular weight is 326 g/mol. The summed E-state index contributed by atoms with van der Waals surface area (Å²) < 4.78 is 5.29. The molecule has 0 spiro atoms. The fourth-order valence-corrected chi connectivity index (χ4v) is 2.77. The molecule has 1 N–H and O–H groups in total. The first-order chi connectivity index (χ1) is 11.7. The van der Waals surface area contributed by atoms with E-state index in [-0.39, 0.29) is 5.91 Å². The molecule has 1 aliphatic heterocycles. The Bertz CT molecular complexity index is 694. The minimum atomic E-state index is 0.00532. The zero-order chi connectivity index (χ0) is 16.9. The van der Waals surface area contributed by atoms with E-state index in [9.17, 15) is 4.79 Å². The second-order valence-electron chi connectivity index (χ2n) is 6.10. The predicted molar refractivity (Wildman–Crippen MR) is 92.6 cm³/mol. The lowest BCUT2D eigenvalue weighted by Gasteiger charge is -2.30. The molecule has 0 bridgehead atoms. The molecular formula is C18H22N4O2. The van der Waals surface area contributed by atoms with E-state index < -0.39 is 0 Å². The monoisotopic (exact) mass is 326 g/mol. The van der Waals surface area contributed by atoms with Gasteiger partial charge in [0.1, 0.15) is 5.75 Å². The molecule has 0 unspecified atom stereocenters. The summed E-state index contributed by atoms with van der Waals surface area (Å²) in [5.41, 5.74) is 1.30. The van der Waals surface area contributed by atoms with Crippen LogP contribution < -0.4 is 10.1 Å². The van der Waals surface area contributed by atoms with Gasteiger partial charge < -0.3 is 15.0 Å². The number of aromatic nitrogens is 2. The van der Waals surface area contributed by atoms with Crippen molar-refractivity contribution in [3.63, 3.8) is 0 Å². The van der Waals surface area contributed by atoms with Crippen LogP contribution in [0.4, 0.5) is 11.6 Å². The summed E-state index contributed by atoms with van der Waals surface area (Å²) in [4.78, 5) is 22.9. The number of carbonyl (C=O) groups is 1. The van der Waals surface area contributed by atoms with E-state index in [2.05, 4.69) is 22.2 Å². The first kappa shape index (κ1) is 16.2. The second-order valence-corrected chi connectivity index (χ2v) is 6.10. The standard InChI is InChI=1S/C18H22N4O2/c1-13-7-9-22(10-8-13)17(23)14-11-19-18(20-12-14)21-15-5-3-4-6-16(15)24-2/h3-6,11-13H,7-10H2,1-2H3,(H,19,20,21). The van der Waals surface area contributed by atoms with E-state index in [1.807, 2.05) is 29.2 Å². The largest absolute Gasteiger partial charge is 0.495 e. The smallest absolute Gasteiger partial charge is 0.256 e. The van der Waals surface area contributed by atoms with Crippen molar-refractivity contribution < 1.29 is 9.53 Å². The first-order valence-corrected chi connectivity index (χ1v) is 8.18. The summed E-state index contributed by atoms with van der Waals surface area (Å²) >= 11 is 0. The maximum Gasteiger partial charge on any atom is 0.256 e. The van der Waals surface area contributed by atoms with Gasteiger partial charge >= 0.3 is 0 Å². The lowest BCUT2D eigenvalue weighted by Crippen LogP contribution is -2.38. The third-order valence-electron chi connectivity index (χ3n) is 4.32. The number of amides is 1. The van der Waals surface area contributed by atoms with Crippen molar-refractivity contribution in [3.05, 3.63) is 42.2 Å². The van der Waals surface area contributed by atoms with Crippen molar-refractivity contribution in [2.75, 3.05) is 25.5 Å². The van der Waals surface area contributed by atoms with Crippen LogP contribution in [-0.2, 0) is 0 Å². The van der Waals surface area contributed by atoms with Crippen LogP contribution >= 0.6 is 0 Å². The maximum absolute atomic E-state index is 12.5. The second kappa shape index (κ2) is 7.29. The van der Waals surface area contributed by atoms with Crippen molar-refractivity contribution in [3.8, 4) is 5.75 Å². The molecule has 1 aliphatic rings. The summed E-state index contributed by atoms with van der Waals surface area (Å²) in [5, 5.41) is 3.10. The fourth-order valence-electron chi connectivity index (χ4n) is 2.77. The number of anilines is 2. The van der Waals surface area contributed by atoms with Crippen molar-refractivity contribution in [1.29, 1.82) is 0 Å². The lowest BCUT2D eigenvalue weighted by molar-refractivity contribution is 0.0696. The van der Waals surface area contributed by atoms with E-state index in [0.717, 1.165) is 31.6 Å². The number of benzene rings is 1. The predicted octanol–water partition coefficient (Wildman–Crippen LogP) is 3.10. The van der Waals surface area contributed by atoms with Crippen LogP contribution in [0.15, 0.2) is 36.7 Å². The molecule has 1 amide bonds. The van der Waals surface area contributed by atoms with Crippen LogP contribution in [0.25, 0.3) is 0 Å². The topological polar surface area (TPSA) is 67.3 Å². The van der Waals surface area contributed by atoms with Gasteiger partial charge in [-0.05, 0) is 30.9 Å². The maximum atomic E-state index is 12.5. The van der Waals surface area contributed by atoms with Crippen LogP contribution in [0, 0.1) is 5.92 Å². The average Bonchev–Trinajstić information content (AvgIpc) is 2.63. The van der Waals surface area contributed by atoms with E-state index in [1.54, 1.807) is 19.5 Å². The summed E-state index contributed by atoms with van der Waals surface area (Å²) in [5.74, 6) is 1.84. The van der Waals surface area contributed by atoms with Gasteiger partial charge in [0.25, 0.3) is 5.91 Å². The zero-order valence-corrected chi connectivity index (χ0v) is 14.0. The van der Waals surface area contributed by atoms with Gasteiger partial charge in [-0.2, -0.15) is 0 Å². The number of ether oxygens (including phenoxy) is 1. The van der Waals surface area contributed by atoms with Crippen LogP contribution in [-0.4, -0.2) is 41.0 Å². The Hall–Kier alpha value is -2.63. The normalized spacial score (nSPS) is 15.2. The highest BCUT2D eigenvalue weighted by atomic mass is 16.5. The number of nitrogens with one attached hydrogen (secondary N) is 1. The number of piperidine rings is 1. The summed E-state index contributed by atoms with van der Waals surface area (Å²) in [6.07, 6.45) is 5.26. The van der Waals surface area contributed by atoms with Gasteiger partial charge in [0.2, 0.25) is 5.95 Å². The van der Waals surface area contributed by atoms with Gasteiger partial charge in [-0.3, -0.25) is 4.79 Å². The Morgan fingerprint density at radius 2 is 1.88 bits per heavy atom. The fraction of sp³-hybridized carbons (Fsp3) is 0.389. The van der Waals surface area contributed by atoms with Gasteiger partial charge in [-0.1, -0.05) is 19.1 Å². The van der Waals surface area contributed by atoms with Crippen molar-refractivity contribution in [1.82, 2.24) is 14.9 Å². The highest BCUT2D eigenvalue weighted by molar-refractivity contribution is 5.93. The third-order valence-corrected chi connectivity index (χ3v) is 4.32. The van der Waals surface area contributed by atoms with Gasteiger partial charge in [0.05, 0.1) is 18.4 Å². The number of carbonyl (C=O) groups excluding carboxylic acids is 1. The number of para-hydroxylation sites is 2. The number of methoxy groups -OCH3 is 1. The summed E-state index contributed by atoms with van der Waals surface area (Å²) in [6.45, 7) is 3.84. The van der Waals surface area contributed by atoms with Crippen molar-refractivity contribution >= 4 is 17.5 Å². The molecule has 2 aromatic rings. The Labute approximate surface area is 141 Å². The van der Waals surface area contributed by atoms with Gasteiger partial charge in [0, 0.05) is 25.5 Å². The minimum absolute atomic E-state index is 0.00532. The minimum Gasteiger partial charge on any atom is -0.495 e. The highest BCUT2D eigenvalue weighted by Crippen LogP contribution is 2.25. The molecular weight excluding hydrogens is 304 g/mol. The molecule has 2 heterocycles.